The number of ether oxygens (including phenoxy) is 2. The van der Waals surface area contributed by atoms with Crippen molar-refractivity contribution in [1.29, 1.82) is 0 Å². The fourth-order valence-corrected chi connectivity index (χ4v) is 3.05. The van der Waals surface area contributed by atoms with Gasteiger partial charge >= 0.3 is 5.97 Å². The molecule has 1 aliphatic rings. The topological polar surface area (TPSA) is 35.5 Å². The first-order chi connectivity index (χ1) is 9.72. The highest BCUT2D eigenvalue weighted by Crippen LogP contribution is 2.37. The van der Waals surface area contributed by atoms with E-state index in [0.29, 0.717) is 24.9 Å². The standard InChI is InChI=1S/C17H24O3/c1-3-20-17(18)11-13-7-9-14(10-8-13)15-5-4-6-16(12-15)19-2/h4-6,12-14H,3,7-11H2,1-2H3. The average Bonchev–Trinajstić information content (AvgIpc) is 2.48. The number of rotatable bonds is 5. The molecule has 0 radical (unpaired) electrons. The molecule has 0 bridgehead atoms. The zero-order chi connectivity index (χ0) is 14.4. The van der Waals surface area contributed by atoms with Crippen LogP contribution < -0.4 is 4.74 Å². The Morgan fingerprint density at radius 3 is 2.65 bits per heavy atom. The maximum atomic E-state index is 11.5. The molecule has 0 amide bonds. The van der Waals surface area contributed by atoms with Crippen molar-refractivity contribution in [2.24, 2.45) is 5.92 Å². The maximum absolute atomic E-state index is 11.5. The van der Waals surface area contributed by atoms with Crippen LogP contribution in [0.1, 0.15) is 50.5 Å². The number of hydrogen-bond donors (Lipinski definition) is 0. The molecule has 3 nitrogen and oxygen atoms in total. The monoisotopic (exact) mass is 276 g/mol. The summed E-state index contributed by atoms with van der Waals surface area (Å²) in [6.07, 6.45) is 5.11. The zero-order valence-corrected chi connectivity index (χ0v) is 12.4. The molecule has 1 aromatic rings. The van der Waals surface area contributed by atoms with Crippen LogP contribution in [-0.2, 0) is 9.53 Å². The van der Waals surface area contributed by atoms with Crippen molar-refractivity contribution in [3.05, 3.63) is 29.8 Å². The molecule has 20 heavy (non-hydrogen) atoms. The van der Waals surface area contributed by atoms with Crippen LogP contribution in [0.25, 0.3) is 0 Å². The summed E-state index contributed by atoms with van der Waals surface area (Å²) >= 11 is 0. The van der Waals surface area contributed by atoms with Gasteiger partial charge in [-0.15, -0.1) is 0 Å². The third-order valence-corrected chi connectivity index (χ3v) is 4.17. The maximum Gasteiger partial charge on any atom is 0.306 e. The average molecular weight is 276 g/mol. The molecule has 1 saturated carbocycles. The molecule has 0 heterocycles. The van der Waals surface area contributed by atoms with E-state index in [1.807, 2.05) is 13.0 Å². The number of methoxy groups -OCH3 is 1. The second-order valence-electron chi connectivity index (χ2n) is 5.50. The summed E-state index contributed by atoms with van der Waals surface area (Å²) in [5.41, 5.74) is 1.36. The minimum Gasteiger partial charge on any atom is -0.497 e. The van der Waals surface area contributed by atoms with Crippen molar-refractivity contribution in [2.75, 3.05) is 13.7 Å². The van der Waals surface area contributed by atoms with Gasteiger partial charge in [-0.1, -0.05) is 12.1 Å². The Morgan fingerprint density at radius 1 is 1.25 bits per heavy atom. The minimum absolute atomic E-state index is 0.0441. The highest BCUT2D eigenvalue weighted by atomic mass is 16.5. The smallest absolute Gasteiger partial charge is 0.306 e. The lowest BCUT2D eigenvalue weighted by molar-refractivity contribution is -0.144. The van der Waals surface area contributed by atoms with Gasteiger partial charge in [-0.3, -0.25) is 4.79 Å². The number of hydrogen-bond acceptors (Lipinski definition) is 3. The summed E-state index contributed by atoms with van der Waals surface area (Å²) in [6.45, 7) is 2.34. The van der Waals surface area contributed by atoms with Gasteiger partial charge in [0.15, 0.2) is 0 Å². The van der Waals surface area contributed by atoms with E-state index >= 15 is 0 Å². The minimum atomic E-state index is -0.0441. The molecular formula is C17H24O3. The van der Waals surface area contributed by atoms with Crippen molar-refractivity contribution < 1.29 is 14.3 Å². The van der Waals surface area contributed by atoms with Crippen LogP contribution in [0.2, 0.25) is 0 Å². The van der Waals surface area contributed by atoms with Gasteiger partial charge in [0.25, 0.3) is 0 Å². The van der Waals surface area contributed by atoms with Crippen molar-refractivity contribution in [2.45, 2.75) is 44.9 Å². The first-order valence-electron chi connectivity index (χ1n) is 7.52. The predicted octanol–water partition coefficient (Wildman–Crippen LogP) is 3.92. The molecule has 0 atom stereocenters. The van der Waals surface area contributed by atoms with Gasteiger partial charge in [-0.25, -0.2) is 0 Å². The molecule has 0 unspecified atom stereocenters. The summed E-state index contributed by atoms with van der Waals surface area (Å²) < 4.78 is 10.3. The van der Waals surface area contributed by atoms with Gasteiger partial charge in [-0.05, 0) is 62.1 Å². The fourth-order valence-electron chi connectivity index (χ4n) is 3.05. The van der Waals surface area contributed by atoms with E-state index in [2.05, 4.69) is 18.2 Å². The molecule has 0 N–H and O–H groups in total. The molecule has 0 saturated heterocycles. The molecule has 2 rings (SSSR count). The normalized spacial score (nSPS) is 22.3. The van der Waals surface area contributed by atoms with E-state index in [4.69, 9.17) is 9.47 Å². The third-order valence-electron chi connectivity index (χ3n) is 4.17. The van der Waals surface area contributed by atoms with Crippen LogP contribution in [0, 0.1) is 5.92 Å². The number of carbonyl (C=O) groups is 1. The summed E-state index contributed by atoms with van der Waals surface area (Å²) in [4.78, 5) is 11.5. The van der Waals surface area contributed by atoms with Crippen molar-refractivity contribution >= 4 is 5.97 Å². The van der Waals surface area contributed by atoms with E-state index in [9.17, 15) is 4.79 Å². The van der Waals surface area contributed by atoms with Gasteiger partial charge in [-0.2, -0.15) is 0 Å². The quantitative estimate of drug-likeness (QED) is 0.765. The van der Waals surface area contributed by atoms with Crippen molar-refractivity contribution in [1.82, 2.24) is 0 Å². The predicted molar refractivity (Wildman–Crippen MR) is 78.9 cm³/mol. The molecular weight excluding hydrogens is 252 g/mol. The Labute approximate surface area is 121 Å². The Kier molecular flexibility index (Phi) is 5.45. The Bertz CT molecular complexity index is 434. The van der Waals surface area contributed by atoms with E-state index < -0.39 is 0 Å². The van der Waals surface area contributed by atoms with Gasteiger partial charge in [0.2, 0.25) is 0 Å². The lowest BCUT2D eigenvalue weighted by Gasteiger charge is -2.28. The molecule has 1 aromatic carbocycles. The van der Waals surface area contributed by atoms with Gasteiger partial charge in [0, 0.05) is 6.42 Å². The van der Waals surface area contributed by atoms with E-state index in [1.165, 1.54) is 5.56 Å². The summed E-state index contributed by atoms with van der Waals surface area (Å²) in [5.74, 6) is 1.98. The second kappa shape index (κ2) is 7.32. The number of benzene rings is 1. The molecule has 0 spiro atoms. The molecule has 1 aliphatic carbocycles. The van der Waals surface area contributed by atoms with Crippen LogP contribution in [0.3, 0.4) is 0 Å². The van der Waals surface area contributed by atoms with E-state index in [0.717, 1.165) is 31.4 Å². The van der Waals surface area contributed by atoms with Gasteiger partial charge in [0.05, 0.1) is 13.7 Å². The first-order valence-corrected chi connectivity index (χ1v) is 7.52. The van der Waals surface area contributed by atoms with E-state index in [1.54, 1.807) is 7.11 Å². The highest BCUT2D eigenvalue weighted by molar-refractivity contribution is 5.69. The van der Waals surface area contributed by atoms with Crippen molar-refractivity contribution in [3.63, 3.8) is 0 Å². The van der Waals surface area contributed by atoms with E-state index in [-0.39, 0.29) is 5.97 Å². The molecule has 1 fully saturated rings. The fraction of sp³-hybridized carbons (Fsp3) is 0.588. The van der Waals surface area contributed by atoms with Crippen LogP contribution in [0.15, 0.2) is 24.3 Å². The summed E-state index contributed by atoms with van der Waals surface area (Å²) in [7, 11) is 1.70. The summed E-state index contributed by atoms with van der Waals surface area (Å²) in [5, 5.41) is 0. The zero-order valence-electron chi connectivity index (χ0n) is 12.4. The second-order valence-corrected chi connectivity index (χ2v) is 5.50. The molecule has 3 heteroatoms. The molecule has 0 aliphatic heterocycles. The lowest BCUT2D eigenvalue weighted by atomic mass is 9.77. The Morgan fingerprint density at radius 2 is 2.00 bits per heavy atom. The largest absolute Gasteiger partial charge is 0.497 e. The molecule has 0 aromatic heterocycles. The third kappa shape index (κ3) is 3.99. The summed E-state index contributed by atoms with van der Waals surface area (Å²) in [6, 6.07) is 8.35. The lowest BCUT2D eigenvalue weighted by Crippen LogP contribution is -2.17. The SMILES string of the molecule is CCOC(=O)CC1CCC(c2cccc(OC)c2)CC1. The number of esters is 1. The Balaban J connectivity index is 1.86. The first kappa shape index (κ1) is 14.9. The number of carbonyl (C=O) groups excluding carboxylic acids is 1. The van der Waals surface area contributed by atoms with Gasteiger partial charge < -0.3 is 9.47 Å². The van der Waals surface area contributed by atoms with Crippen LogP contribution in [-0.4, -0.2) is 19.7 Å². The van der Waals surface area contributed by atoms with Crippen LogP contribution in [0.5, 0.6) is 5.75 Å². The molecule has 110 valence electrons. The highest BCUT2D eigenvalue weighted by Gasteiger charge is 2.24. The Hall–Kier alpha value is -1.51. The van der Waals surface area contributed by atoms with Crippen LogP contribution in [0.4, 0.5) is 0 Å². The van der Waals surface area contributed by atoms with Gasteiger partial charge in [0.1, 0.15) is 5.75 Å². The van der Waals surface area contributed by atoms with Crippen molar-refractivity contribution in [3.8, 4) is 5.75 Å². The van der Waals surface area contributed by atoms with Crippen LogP contribution >= 0.6 is 0 Å².